The Balaban J connectivity index is 3.97. The number of imide groups is 1. The maximum Gasteiger partial charge on any atom is 0.320 e. The number of carbonyl (C=O) groups excluding carboxylic acids is 2. The third kappa shape index (κ3) is 5.11. The second-order valence-corrected chi connectivity index (χ2v) is 3.28. The average molecular weight is 216 g/mol. The van der Waals surface area contributed by atoms with E-state index in [1.54, 1.807) is 0 Å². The van der Waals surface area contributed by atoms with E-state index in [0.717, 1.165) is 4.90 Å². The molecule has 0 bridgehead atoms. The zero-order valence-electron chi connectivity index (χ0n) is 8.90. The largest absolute Gasteiger partial charge is 0.480 e. The molecule has 0 aromatic carbocycles. The first-order valence-corrected chi connectivity index (χ1v) is 4.63. The fourth-order valence-electron chi connectivity index (χ4n) is 1.13. The third-order valence-electron chi connectivity index (χ3n) is 1.97. The molecule has 0 saturated carbocycles. The SMILES string of the molecule is CC(=O)N(CCC[C@@H](N)C(=O)O)C(C)=O. The van der Waals surface area contributed by atoms with Gasteiger partial charge in [0.1, 0.15) is 6.04 Å². The highest BCUT2D eigenvalue weighted by molar-refractivity contribution is 5.92. The van der Waals surface area contributed by atoms with Crippen LogP contribution in [0.5, 0.6) is 0 Å². The lowest BCUT2D eigenvalue weighted by atomic mass is 10.1. The first-order chi connectivity index (χ1) is 6.86. The molecule has 0 fully saturated rings. The smallest absolute Gasteiger partial charge is 0.320 e. The topological polar surface area (TPSA) is 101 Å². The molecule has 0 heterocycles. The Kier molecular flexibility index (Phi) is 5.54. The number of amides is 2. The van der Waals surface area contributed by atoms with Gasteiger partial charge in [-0.05, 0) is 12.8 Å². The van der Waals surface area contributed by atoms with Crippen molar-refractivity contribution in [3.05, 3.63) is 0 Å². The van der Waals surface area contributed by atoms with Crippen molar-refractivity contribution in [1.29, 1.82) is 0 Å². The van der Waals surface area contributed by atoms with Gasteiger partial charge in [-0.2, -0.15) is 0 Å². The van der Waals surface area contributed by atoms with E-state index in [-0.39, 0.29) is 24.8 Å². The molecule has 0 unspecified atom stereocenters. The van der Waals surface area contributed by atoms with Crippen LogP contribution in [0, 0.1) is 0 Å². The van der Waals surface area contributed by atoms with Gasteiger partial charge in [0.2, 0.25) is 11.8 Å². The Hall–Kier alpha value is -1.43. The molecule has 0 spiro atoms. The van der Waals surface area contributed by atoms with Gasteiger partial charge in [-0.25, -0.2) is 0 Å². The monoisotopic (exact) mass is 216 g/mol. The molecular formula is C9H16N2O4. The molecule has 0 radical (unpaired) electrons. The molecule has 0 aliphatic carbocycles. The Morgan fingerprint density at radius 1 is 1.27 bits per heavy atom. The van der Waals surface area contributed by atoms with E-state index in [4.69, 9.17) is 10.8 Å². The lowest BCUT2D eigenvalue weighted by Crippen LogP contribution is -2.36. The van der Waals surface area contributed by atoms with Crippen molar-refractivity contribution >= 4 is 17.8 Å². The van der Waals surface area contributed by atoms with Crippen molar-refractivity contribution in [3.63, 3.8) is 0 Å². The summed E-state index contributed by atoms with van der Waals surface area (Å²) >= 11 is 0. The Morgan fingerprint density at radius 3 is 2.07 bits per heavy atom. The van der Waals surface area contributed by atoms with Crippen LogP contribution >= 0.6 is 0 Å². The van der Waals surface area contributed by atoms with Crippen LogP contribution in [0.25, 0.3) is 0 Å². The number of hydrogen-bond donors (Lipinski definition) is 2. The molecule has 1 atom stereocenters. The van der Waals surface area contributed by atoms with Crippen LogP contribution in [0.3, 0.4) is 0 Å². The van der Waals surface area contributed by atoms with Crippen LogP contribution < -0.4 is 5.73 Å². The van der Waals surface area contributed by atoms with Crippen molar-refractivity contribution in [2.75, 3.05) is 6.54 Å². The number of rotatable bonds is 5. The summed E-state index contributed by atoms with van der Waals surface area (Å²) in [5, 5.41) is 8.49. The standard InChI is InChI=1S/C9H16N2O4/c1-6(12)11(7(2)13)5-3-4-8(10)9(14)15/h8H,3-5,10H2,1-2H3,(H,14,15)/t8-/m1/s1. The molecule has 0 aliphatic heterocycles. The summed E-state index contributed by atoms with van der Waals surface area (Å²) in [5.41, 5.74) is 5.27. The summed E-state index contributed by atoms with van der Waals surface area (Å²) in [6.07, 6.45) is 0.638. The number of nitrogens with zero attached hydrogens (tertiary/aromatic N) is 1. The normalized spacial score (nSPS) is 11.9. The van der Waals surface area contributed by atoms with Crippen molar-refractivity contribution in [1.82, 2.24) is 4.90 Å². The fraction of sp³-hybridized carbons (Fsp3) is 0.667. The molecular weight excluding hydrogens is 200 g/mol. The van der Waals surface area contributed by atoms with Crippen LogP contribution in [-0.4, -0.2) is 40.4 Å². The minimum Gasteiger partial charge on any atom is -0.480 e. The first kappa shape index (κ1) is 13.6. The number of hydrogen-bond acceptors (Lipinski definition) is 4. The summed E-state index contributed by atoms with van der Waals surface area (Å²) in [6.45, 7) is 2.79. The van der Waals surface area contributed by atoms with Crippen LogP contribution in [0.1, 0.15) is 26.7 Å². The maximum absolute atomic E-state index is 11.0. The molecule has 86 valence electrons. The molecule has 0 aromatic rings. The summed E-state index contributed by atoms with van der Waals surface area (Å²) < 4.78 is 0. The molecule has 0 rings (SSSR count). The number of nitrogens with two attached hydrogens (primary N) is 1. The van der Waals surface area contributed by atoms with Gasteiger partial charge in [0.25, 0.3) is 0 Å². The Labute approximate surface area is 88.0 Å². The van der Waals surface area contributed by atoms with Gasteiger partial charge in [-0.1, -0.05) is 0 Å². The van der Waals surface area contributed by atoms with Crippen LogP contribution in [0.4, 0.5) is 0 Å². The van der Waals surface area contributed by atoms with Crippen LogP contribution in [-0.2, 0) is 14.4 Å². The number of carboxylic acid groups (broad SMARTS) is 1. The summed E-state index contributed by atoms with van der Waals surface area (Å²) in [7, 11) is 0. The molecule has 15 heavy (non-hydrogen) atoms. The highest BCUT2D eigenvalue weighted by Crippen LogP contribution is 1.99. The number of carboxylic acids is 1. The minimum absolute atomic E-state index is 0.214. The molecule has 0 aliphatic rings. The lowest BCUT2D eigenvalue weighted by molar-refractivity contribution is -0.142. The van der Waals surface area contributed by atoms with Crippen molar-refractivity contribution < 1.29 is 19.5 Å². The van der Waals surface area contributed by atoms with E-state index in [0.29, 0.717) is 6.42 Å². The van der Waals surface area contributed by atoms with E-state index in [1.807, 2.05) is 0 Å². The van der Waals surface area contributed by atoms with Gasteiger partial charge in [0.05, 0.1) is 0 Å². The van der Waals surface area contributed by atoms with E-state index in [1.165, 1.54) is 13.8 Å². The quantitative estimate of drug-likeness (QED) is 0.649. The lowest BCUT2D eigenvalue weighted by Gasteiger charge is -2.17. The summed E-state index contributed by atoms with van der Waals surface area (Å²) in [4.78, 5) is 33.3. The highest BCUT2D eigenvalue weighted by atomic mass is 16.4. The summed E-state index contributed by atoms with van der Waals surface area (Å²) in [6, 6.07) is -0.939. The third-order valence-corrected chi connectivity index (χ3v) is 1.97. The average Bonchev–Trinajstić information content (AvgIpc) is 2.10. The van der Waals surface area contributed by atoms with Crippen molar-refractivity contribution in [3.8, 4) is 0 Å². The van der Waals surface area contributed by atoms with Crippen LogP contribution in [0.15, 0.2) is 0 Å². The second-order valence-electron chi connectivity index (χ2n) is 3.28. The Morgan fingerprint density at radius 2 is 1.73 bits per heavy atom. The van der Waals surface area contributed by atoms with Crippen molar-refractivity contribution in [2.24, 2.45) is 5.73 Å². The van der Waals surface area contributed by atoms with Gasteiger partial charge in [0, 0.05) is 20.4 Å². The van der Waals surface area contributed by atoms with Gasteiger partial charge in [-0.3, -0.25) is 19.3 Å². The zero-order valence-corrected chi connectivity index (χ0v) is 8.90. The van der Waals surface area contributed by atoms with E-state index in [2.05, 4.69) is 0 Å². The van der Waals surface area contributed by atoms with Gasteiger partial charge >= 0.3 is 5.97 Å². The summed E-state index contributed by atoms with van der Waals surface area (Å²) in [5.74, 6) is -1.76. The van der Waals surface area contributed by atoms with E-state index >= 15 is 0 Å². The molecule has 6 nitrogen and oxygen atoms in total. The molecule has 2 amide bonds. The molecule has 0 saturated heterocycles. The van der Waals surface area contributed by atoms with E-state index < -0.39 is 12.0 Å². The minimum atomic E-state index is -1.08. The zero-order chi connectivity index (χ0) is 12.0. The first-order valence-electron chi connectivity index (χ1n) is 4.63. The molecule has 0 aromatic heterocycles. The van der Waals surface area contributed by atoms with Gasteiger partial charge in [-0.15, -0.1) is 0 Å². The van der Waals surface area contributed by atoms with E-state index in [9.17, 15) is 14.4 Å². The van der Waals surface area contributed by atoms with Crippen LogP contribution in [0.2, 0.25) is 0 Å². The molecule has 6 heteroatoms. The molecule has 3 N–H and O–H groups in total. The maximum atomic E-state index is 11.0. The second kappa shape index (κ2) is 6.13. The highest BCUT2D eigenvalue weighted by Gasteiger charge is 2.15. The number of aliphatic carboxylic acids is 1. The van der Waals surface area contributed by atoms with Gasteiger partial charge < -0.3 is 10.8 Å². The van der Waals surface area contributed by atoms with Gasteiger partial charge in [0.15, 0.2) is 0 Å². The van der Waals surface area contributed by atoms with Crippen molar-refractivity contribution in [2.45, 2.75) is 32.7 Å². The predicted molar refractivity (Wildman–Crippen MR) is 52.9 cm³/mol. The fourth-order valence-corrected chi connectivity index (χ4v) is 1.13. The predicted octanol–water partition coefficient (Wildman–Crippen LogP) is -0.426. The number of carbonyl (C=O) groups is 3. The Bertz CT molecular complexity index is 251.